The van der Waals surface area contributed by atoms with Crippen LogP contribution in [-0.2, 0) is 6.42 Å². The third-order valence-corrected chi connectivity index (χ3v) is 3.13. The average Bonchev–Trinajstić information content (AvgIpc) is 2.49. The Morgan fingerprint density at radius 3 is 3.12 bits per heavy atom. The normalized spacial score (nSPS) is 19.8. The molecule has 0 aliphatic carbocycles. The summed E-state index contributed by atoms with van der Waals surface area (Å²) < 4.78 is 5.62. The molecule has 0 spiro atoms. The van der Waals surface area contributed by atoms with Gasteiger partial charge in [-0.05, 0) is 43.4 Å². The molecule has 1 N–H and O–H groups in total. The van der Waals surface area contributed by atoms with E-state index in [-0.39, 0.29) is 6.10 Å². The molecule has 0 saturated carbocycles. The molecule has 0 amide bonds. The Morgan fingerprint density at radius 2 is 2.31 bits per heavy atom. The molecule has 2 rings (SSSR count). The maximum atomic E-state index is 10.0. The van der Waals surface area contributed by atoms with E-state index in [0.717, 1.165) is 37.2 Å². The van der Waals surface area contributed by atoms with E-state index in [0.29, 0.717) is 0 Å². The number of benzene rings is 1. The Morgan fingerprint density at radius 1 is 1.44 bits per heavy atom. The number of aryl methyl sites for hydroxylation is 1. The van der Waals surface area contributed by atoms with Crippen molar-refractivity contribution in [3.05, 3.63) is 29.3 Å². The molecule has 0 radical (unpaired) electrons. The van der Waals surface area contributed by atoms with E-state index in [1.54, 1.807) is 0 Å². The van der Waals surface area contributed by atoms with Crippen LogP contribution in [0.5, 0.6) is 5.75 Å². The molecule has 1 heterocycles. The van der Waals surface area contributed by atoms with E-state index >= 15 is 0 Å². The summed E-state index contributed by atoms with van der Waals surface area (Å²) >= 11 is 0. The average molecular weight is 220 g/mol. The van der Waals surface area contributed by atoms with Crippen LogP contribution < -0.4 is 4.74 Å². The highest BCUT2D eigenvalue weighted by molar-refractivity contribution is 5.39. The molecule has 0 bridgehead atoms. The maximum absolute atomic E-state index is 10.0. The fourth-order valence-corrected chi connectivity index (χ4v) is 2.14. The SMILES string of the molecule is CCCCc1ccc2c(c1)C(O)CCCO2. The van der Waals surface area contributed by atoms with Gasteiger partial charge in [-0.25, -0.2) is 0 Å². The first-order valence-electron chi connectivity index (χ1n) is 6.25. The molecule has 1 aliphatic heterocycles. The van der Waals surface area contributed by atoms with Crippen LogP contribution in [0.2, 0.25) is 0 Å². The summed E-state index contributed by atoms with van der Waals surface area (Å²) in [5.74, 6) is 0.866. The van der Waals surface area contributed by atoms with Crippen molar-refractivity contribution in [2.75, 3.05) is 6.61 Å². The van der Waals surface area contributed by atoms with Gasteiger partial charge in [0.25, 0.3) is 0 Å². The summed E-state index contributed by atoms with van der Waals surface area (Å²) in [4.78, 5) is 0. The Bertz CT molecular complexity index is 347. The highest BCUT2D eigenvalue weighted by atomic mass is 16.5. The molecule has 2 heteroatoms. The molecule has 2 nitrogen and oxygen atoms in total. The van der Waals surface area contributed by atoms with Crippen molar-refractivity contribution in [2.24, 2.45) is 0 Å². The minimum atomic E-state index is -0.348. The van der Waals surface area contributed by atoms with Gasteiger partial charge in [0.2, 0.25) is 0 Å². The Kier molecular flexibility index (Phi) is 3.83. The van der Waals surface area contributed by atoms with Crippen molar-refractivity contribution in [1.82, 2.24) is 0 Å². The molecule has 16 heavy (non-hydrogen) atoms. The van der Waals surface area contributed by atoms with Crippen LogP contribution >= 0.6 is 0 Å². The second kappa shape index (κ2) is 5.35. The standard InChI is InChI=1S/C14H20O2/c1-2-3-5-11-7-8-14-12(10-11)13(15)6-4-9-16-14/h7-8,10,13,15H,2-6,9H2,1H3. The van der Waals surface area contributed by atoms with Crippen LogP contribution in [0.3, 0.4) is 0 Å². The van der Waals surface area contributed by atoms with Gasteiger partial charge in [0, 0.05) is 5.56 Å². The lowest BCUT2D eigenvalue weighted by atomic mass is 10.00. The first kappa shape index (κ1) is 11.5. The summed E-state index contributed by atoms with van der Waals surface area (Å²) in [6.45, 7) is 2.92. The smallest absolute Gasteiger partial charge is 0.125 e. The largest absolute Gasteiger partial charge is 0.493 e. The lowest BCUT2D eigenvalue weighted by Crippen LogP contribution is -1.98. The number of unbranched alkanes of at least 4 members (excludes halogenated alkanes) is 1. The maximum Gasteiger partial charge on any atom is 0.125 e. The van der Waals surface area contributed by atoms with Gasteiger partial charge in [0.1, 0.15) is 5.75 Å². The van der Waals surface area contributed by atoms with Crippen LogP contribution in [0, 0.1) is 0 Å². The Labute approximate surface area is 97.3 Å². The number of ether oxygens (including phenoxy) is 1. The summed E-state index contributed by atoms with van der Waals surface area (Å²) in [6, 6.07) is 6.24. The predicted molar refractivity (Wildman–Crippen MR) is 64.7 cm³/mol. The van der Waals surface area contributed by atoms with E-state index in [1.807, 2.05) is 6.07 Å². The third kappa shape index (κ3) is 2.56. The Hall–Kier alpha value is -1.02. The molecule has 1 aromatic rings. The lowest BCUT2D eigenvalue weighted by Gasteiger charge is -2.12. The minimum absolute atomic E-state index is 0.348. The molecule has 1 atom stereocenters. The van der Waals surface area contributed by atoms with Gasteiger partial charge in [-0.15, -0.1) is 0 Å². The van der Waals surface area contributed by atoms with Crippen molar-refractivity contribution in [3.8, 4) is 5.75 Å². The number of aliphatic hydroxyl groups is 1. The van der Waals surface area contributed by atoms with Crippen LogP contribution in [0.25, 0.3) is 0 Å². The van der Waals surface area contributed by atoms with Gasteiger partial charge in [-0.3, -0.25) is 0 Å². The number of hydrogen-bond donors (Lipinski definition) is 1. The van der Waals surface area contributed by atoms with Crippen LogP contribution in [0.1, 0.15) is 49.8 Å². The molecule has 0 aromatic heterocycles. The van der Waals surface area contributed by atoms with Crippen molar-refractivity contribution >= 4 is 0 Å². The zero-order valence-corrected chi connectivity index (χ0v) is 9.91. The van der Waals surface area contributed by atoms with Crippen molar-refractivity contribution in [1.29, 1.82) is 0 Å². The van der Waals surface area contributed by atoms with Gasteiger partial charge in [-0.1, -0.05) is 19.4 Å². The second-order valence-electron chi connectivity index (χ2n) is 4.48. The Balaban J connectivity index is 2.21. The molecule has 1 aromatic carbocycles. The molecule has 1 unspecified atom stereocenters. The van der Waals surface area contributed by atoms with E-state index in [2.05, 4.69) is 19.1 Å². The van der Waals surface area contributed by atoms with Crippen molar-refractivity contribution < 1.29 is 9.84 Å². The lowest BCUT2D eigenvalue weighted by molar-refractivity contribution is 0.167. The van der Waals surface area contributed by atoms with Gasteiger partial charge >= 0.3 is 0 Å². The summed E-state index contributed by atoms with van der Waals surface area (Å²) in [6.07, 6.45) is 4.89. The topological polar surface area (TPSA) is 29.5 Å². The summed E-state index contributed by atoms with van der Waals surface area (Å²) in [5.41, 5.74) is 2.29. The second-order valence-corrected chi connectivity index (χ2v) is 4.48. The van der Waals surface area contributed by atoms with Gasteiger partial charge in [-0.2, -0.15) is 0 Å². The fourth-order valence-electron chi connectivity index (χ4n) is 2.14. The number of fused-ring (bicyclic) bond motifs is 1. The molecule has 0 fully saturated rings. The monoisotopic (exact) mass is 220 g/mol. The zero-order valence-electron chi connectivity index (χ0n) is 9.91. The minimum Gasteiger partial charge on any atom is -0.493 e. The summed E-state index contributed by atoms with van der Waals surface area (Å²) in [5, 5.41) is 10.0. The van der Waals surface area contributed by atoms with E-state index in [9.17, 15) is 5.11 Å². The van der Waals surface area contributed by atoms with E-state index in [4.69, 9.17) is 4.74 Å². The van der Waals surface area contributed by atoms with E-state index in [1.165, 1.54) is 18.4 Å². The van der Waals surface area contributed by atoms with Crippen molar-refractivity contribution in [3.63, 3.8) is 0 Å². The van der Waals surface area contributed by atoms with Gasteiger partial charge in [0.15, 0.2) is 0 Å². The highest BCUT2D eigenvalue weighted by Gasteiger charge is 2.17. The van der Waals surface area contributed by atoms with Crippen LogP contribution in [0.4, 0.5) is 0 Å². The molecular formula is C14H20O2. The predicted octanol–water partition coefficient (Wildman–Crippen LogP) is 3.24. The number of hydrogen-bond acceptors (Lipinski definition) is 2. The molecular weight excluding hydrogens is 200 g/mol. The third-order valence-electron chi connectivity index (χ3n) is 3.13. The first-order valence-corrected chi connectivity index (χ1v) is 6.25. The van der Waals surface area contributed by atoms with Gasteiger partial charge < -0.3 is 9.84 Å². The molecule has 0 saturated heterocycles. The number of rotatable bonds is 3. The quantitative estimate of drug-likeness (QED) is 0.847. The summed E-state index contributed by atoms with van der Waals surface area (Å²) in [7, 11) is 0. The molecule has 1 aliphatic rings. The van der Waals surface area contributed by atoms with Crippen LogP contribution in [-0.4, -0.2) is 11.7 Å². The zero-order chi connectivity index (χ0) is 11.4. The first-order chi connectivity index (χ1) is 7.81. The fraction of sp³-hybridized carbons (Fsp3) is 0.571. The van der Waals surface area contributed by atoms with Gasteiger partial charge in [0.05, 0.1) is 12.7 Å². The number of aliphatic hydroxyl groups excluding tert-OH is 1. The molecule has 88 valence electrons. The van der Waals surface area contributed by atoms with Crippen LogP contribution in [0.15, 0.2) is 18.2 Å². The van der Waals surface area contributed by atoms with E-state index < -0.39 is 0 Å². The highest BCUT2D eigenvalue weighted by Crippen LogP contribution is 2.32. The van der Waals surface area contributed by atoms with Crippen molar-refractivity contribution in [2.45, 2.75) is 45.1 Å².